The van der Waals surface area contributed by atoms with Crippen LogP contribution in [0.4, 0.5) is 0 Å². The first kappa shape index (κ1) is 14.9. The molecular weight excluding hydrogens is 266 g/mol. The van der Waals surface area contributed by atoms with Crippen LogP contribution in [-0.2, 0) is 6.42 Å². The van der Waals surface area contributed by atoms with E-state index >= 15 is 0 Å². The highest BCUT2D eigenvalue weighted by Gasteiger charge is 2.28. The third-order valence-electron chi connectivity index (χ3n) is 4.86. The van der Waals surface area contributed by atoms with Crippen LogP contribution < -0.4 is 5.32 Å². The van der Waals surface area contributed by atoms with Crippen LogP contribution in [-0.4, -0.2) is 66.8 Å². The van der Waals surface area contributed by atoms with Gasteiger partial charge in [0.1, 0.15) is 0 Å². The normalized spacial score (nSPS) is 26.3. The van der Waals surface area contributed by atoms with Crippen LogP contribution in [0.5, 0.6) is 0 Å². The second kappa shape index (κ2) is 6.85. The van der Waals surface area contributed by atoms with E-state index in [0.717, 1.165) is 56.8 Å². The quantitative estimate of drug-likeness (QED) is 0.891. The molecule has 2 aliphatic heterocycles. The molecule has 2 aliphatic rings. The summed E-state index contributed by atoms with van der Waals surface area (Å²) in [6, 6.07) is 0.264. The predicted molar refractivity (Wildman–Crippen MR) is 81.1 cm³/mol. The lowest BCUT2D eigenvalue weighted by atomic mass is 9.93. The van der Waals surface area contributed by atoms with Crippen LogP contribution in [0.3, 0.4) is 0 Å². The maximum Gasteiger partial charge on any atom is 0.226 e. The second-order valence-electron chi connectivity index (χ2n) is 6.54. The predicted octanol–water partition coefficient (Wildman–Crippen LogP) is 0.920. The van der Waals surface area contributed by atoms with Crippen LogP contribution >= 0.6 is 0 Å². The average molecular weight is 293 g/mol. The minimum absolute atomic E-state index is 0.264. The SMILES string of the molecule is CN1CCN(C)C(c2noc(CCC3CCNCC3)n2)C1. The van der Waals surface area contributed by atoms with Crippen molar-refractivity contribution in [3.8, 4) is 0 Å². The number of nitrogens with one attached hydrogen (secondary N) is 1. The van der Waals surface area contributed by atoms with Gasteiger partial charge in [0.2, 0.25) is 5.89 Å². The molecule has 0 aromatic carbocycles. The Morgan fingerprint density at radius 3 is 2.86 bits per heavy atom. The summed E-state index contributed by atoms with van der Waals surface area (Å²) in [4.78, 5) is 9.29. The standard InChI is InChI=1S/C15H27N5O/c1-19-9-10-20(2)13(11-19)15-17-14(21-18-15)4-3-12-5-7-16-8-6-12/h12-13,16H,3-11H2,1-2H3. The maximum atomic E-state index is 5.47. The number of nitrogens with zero attached hydrogens (tertiary/aromatic N) is 4. The second-order valence-corrected chi connectivity index (χ2v) is 6.54. The van der Waals surface area contributed by atoms with Gasteiger partial charge in [0.15, 0.2) is 5.82 Å². The van der Waals surface area contributed by atoms with E-state index in [1.54, 1.807) is 0 Å². The van der Waals surface area contributed by atoms with Gasteiger partial charge in [0, 0.05) is 26.1 Å². The topological polar surface area (TPSA) is 57.4 Å². The molecule has 0 radical (unpaired) electrons. The zero-order valence-corrected chi connectivity index (χ0v) is 13.2. The molecule has 1 atom stereocenters. The number of aromatic nitrogens is 2. The van der Waals surface area contributed by atoms with Gasteiger partial charge < -0.3 is 14.7 Å². The first-order valence-corrected chi connectivity index (χ1v) is 8.14. The summed E-state index contributed by atoms with van der Waals surface area (Å²) in [7, 11) is 4.29. The summed E-state index contributed by atoms with van der Waals surface area (Å²) in [5.74, 6) is 2.47. The molecule has 2 fully saturated rings. The Bertz CT molecular complexity index is 443. The van der Waals surface area contributed by atoms with Crippen LogP contribution in [0.25, 0.3) is 0 Å². The van der Waals surface area contributed by atoms with E-state index in [4.69, 9.17) is 4.52 Å². The summed E-state index contributed by atoms with van der Waals surface area (Å²) in [6.45, 7) is 5.44. The number of hydrogen-bond acceptors (Lipinski definition) is 6. The van der Waals surface area contributed by atoms with Crippen molar-refractivity contribution in [2.45, 2.75) is 31.7 Å². The zero-order valence-electron chi connectivity index (χ0n) is 13.2. The van der Waals surface area contributed by atoms with E-state index in [2.05, 4.69) is 39.4 Å². The van der Waals surface area contributed by atoms with E-state index in [0.29, 0.717) is 0 Å². The van der Waals surface area contributed by atoms with E-state index in [1.165, 1.54) is 19.3 Å². The van der Waals surface area contributed by atoms with Gasteiger partial charge in [0.25, 0.3) is 0 Å². The first-order valence-electron chi connectivity index (χ1n) is 8.14. The van der Waals surface area contributed by atoms with Gasteiger partial charge in [-0.05, 0) is 52.4 Å². The minimum Gasteiger partial charge on any atom is -0.339 e. The van der Waals surface area contributed by atoms with E-state index < -0.39 is 0 Å². The molecule has 118 valence electrons. The van der Waals surface area contributed by atoms with E-state index in [9.17, 15) is 0 Å². The van der Waals surface area contributed by atoms with Gasteiger partial charge in [-0.15, -0.1) is 0 Å². The summed E-state index contributed by atoms with van der Waals surface area (Å²) in [6.07, 6.45) is 4.64. The molecular formula is C15H27N5O. The van der Waals surface area contributed by atoms with Gasteiger partial charge >= 0.3 is 0 Å². The fraction of sp³-hybridized carbons (Fsp3) is 0.867. The molecule has 1 aromatic heterocycles. The Balaban J connectivity index is 1.55. The molecule has 0 spiro atoms. The van der Waals surface area contributed by atoms with Crippen molar-refractivity contribution in [2.75, 3.05) is 46.8 Å². The molecule has 0 bridgehead atoms. The largest absolute Gasteiger partial charge is 0.339 e. The number of likely N-dealkylation sites (N-methyl/N-ethyl adjacent to an activating group) is 2. The smallest absolute Gasteiger partial charge is 0.226 e. The number of hydrogen-bond donors (Lipinski definition) is 1. The molecule has 21 heavy (non-hydrogen) atoms. The van der Waals surface area contributed by atoms with Gasteiger partial charge in [-0.25, -0.2) is 0 Å². The zero-order chi connectivity index (χ0) is 14.7. The molecule has 0 aliphatic carbocycles. The highest BCUT2D eigenvalue weighted by Crippen LogP contribution is 2.22. The van der Waals surface area contributed by atoms with Crippen molar-refractivity contribution in [3.05, 3.63) is 11.7 Å². The van der Waals surface area contributed by atoms with Crippen molar-refractivity contribution >= 4 is 0 Å². The summed E-state index contributed by atoms with van der Waals surface area (Å²) >= 11 is 0. The molecule has 6 nitrogen and oxygen atoms in total. The lowest BCUT2D eigenvalue weighted by Gasteiger charge is -2.35. The van der Waals surface area contributed by atoms with Crippen molar-refractivity contribution in [3.63, 3.8) is 0 Å². The Kier molecular flexibility index (Phi) is 4.87. The Morgan fingerprint density at radius 1 is 1.24 bits per heavy atom. The number of rotatable bonds is 4. The molecule has 3 rings (SSSR count). The monoisotopic (exact) mass is 293 g/mol. The summed E-state index contributed by atoms with van der Waals surface area (Å²) < 4.78 is 5.47. The summed E-state index contributed by atoms with van der Waals surface area (Å²) in [5.41, 5.74) is 0. The first-order chi connectivity index (χ1) is 10.2. The third-order valence-corrected chi connectivity index (χ3v) is 4.86. The van der Waals surface area contributed by atoms with E-state index in [1.807, 2.05) is 0 Å². The number of aryl methyl sites for hydroxylation is 1. The fourth-order valence-electron chi connectivity index (χ4n) is 3.29. The van der Waals surface area contributed by atoms with Crippen molar-refractivity contribution in [1.82, 2.24) is 25.3 Å². The minimum atomic E-state index is 0.264. The molecule has 0 saturated carbocycles. The van der Waals surface area contributed by atoms with Crippen molar-refractivity contribution < 1.29 is 4.52 Å². The van der Waals surface area contributed by atoms with Gasteiger partial charge in [-0.1, -0.05) is 5.16 Å². The summed E-state index contributed by atoms with van der Waals surface area (Å²) in [5, 5.41) is 7.63. The van der Waals surface area contributed by atoms with Crippen LogP contribution in [0.1, 0.15) is 37.0 Å². The molecule has 0 amide bonds. The lowest BCUT2D eigenvalue weighted by Crippen LogP contribution is -2.45. The Morgan fingerprint density at radius 2 is 2.05 bits per heavy atom. The average Bonchev–Trinajstić information content (AvgIpc) is 2.97. The molecule has 6 heteroatoms. The third kappa shape index (κ3) is 3.81. The van der Waals surface area contributed by atoms with Gasteiger partial charge in [-0.3, -0.25) is 4.90 Å². The van der Waals surface area contributed by atoms with Crippen molar-refractivity contribution in [1.29, 1.82) is 0 Å². The highest BCUT2D eigenvalue weighted by atomic mass is 16.5. The van der Waals surface area contributed by atoms with Gasteiger partial charge in [-0.2, -0.15) is 4.98 Å². The highest BCUT2D eigenvalue weighted by molar-refractivity contribution is 4.98. The molecule has 1 unspecified atom stereocenters. The molecule has 3 heterocycles. The Labute approximate surface area is 126 Å². The van der Waals surface area contributed by atoms with E-state index in [-0.39, 0.29) is 6.04 Å². The van der Waals surface area contributed by atoms with Crippen molar-refractivity contribution in [2.24, 2.45) is 5.92 Å². The van der Waals surface area contributed by atoms with Crippen LogP contribution in [0.2, 0.25) is 0 Å². The molecule has 1 N–H and O–H groups in total. The maximum absolute atomic E-state index is 5.47. The lowest BCUT2D eigenvalue weighted by molar-refractivity contribution is 0.108. The number of piperidine rings is 1. The molecule has 1 aromatic rings. The van der Waals surface area contributed by atoms with Crippen LogP contribution in [0, 0.1) is 5.92 Å². The fourth-order valence-corrected chi connectivity index (χ4v) is 3.29. The Hall–Kier alpha value is -0.980. The number of piperazine rings is 1. The van der Waals surface area contributed by atoms with Crippen LogP contribution in [0.15, 0.2) is 4.52 Å². The molecule has 2 saturated heterocycles. The van der Waals surface area contributed by atoms with Gasteiger partial charge in [0.05, 0.1) is 6.04 Å².